The van der Waals surface area contributed by atoms with E-state index in [4.69, 9.17) is 4.18 Å². The molecule has 0 N–H and O–H groups in total. The fourth-order valence-electron chi connectivity index (χ4n) is 2.61. The van der Waals surface area contributed by atoms with Gasteiger partial charge >= 0.3 is 10.1 Å². The Hall–Kier alpha value is -1.90. The van der Waals surface area contributed by atoms with Gasteiger partial charge in [0.1, 0.15) is 5.75 Å². The number of sulfonamides is 1. The van der Waals surface area contributed by atoms with E-state index in [-0.39, 0.29) is 29.0 Å². The Balaban J connectivity index is 2.36. The van der Waals surface area contributed by atoms with Gasteiger partial charge < -0.3 is 4.18 Å². The second-order valence-corrected chi connectivity index (χ2v) is 10.4. The van der Waals surface area contributed by atoms with Crippen LogP contribution < -0.4 is 4.18 Å². The van der Waals surface area contributed by atoms with Crippen LogP contribution in [0.15, 0.2) is 53.4 Å². The molecule has 0 unspecified atom stereocenters. The van der Waals surface area contributed by atoms with Crippen molar-refractivity contribution in [1.82, 2.24) is 4.31 Å². The van der Waals surface area contributed by atoms with Gasteiger partial charge in [0.15, 0.2) is 0 Å². The standard InChI is InChI=1S/C20H27NO5S2/c1-5-17(4)21(28(24,25)20-12-10-16(3)11-13-20)15-18-8-7-9-19(14-18)26-27(22,23)6-2/h7-14,17H,5-6,15H2,1-4H3/t17-/m1/s1. The Kier molecular flexibility index (Phi) is 7.25. The van der Waals surface area contributed by atoms with Crippen molar-refractivity contribution in [3.05, 3.63) is 59.7 Å². The van der Waals surface area contributed by atoms with Crippen LogP contribution in [-0.2, 0) is 26.7 Å². The Morgan fingerprint density at radius 2 is 1.64 bits per heavy atom. The van der Waals surface area contributed by atoms with Gasteiger partial charge in [0, 0.05) is 12.6 Å². The molecule has 0 aliphatic rings. The lowest BCUT2D eigenvalue weighted by molar-refractivity contribution is 0.322. The third kappa shape index (κ3) is 5.56. The molecule has 6 nitrogen and oxygen atoms in total. The number of benzene rings is 2. The second-order valence-electron chi connectivity index (χ2n) is 6.70. The predicted octanol–water partition coefficient (Wildman–Crippen LogP) is 3.71. The SMILES string of the molecule is CC[C@@H](C)N(Cc1cccc(OS(=O)(=O)CC)c1)S(=O)(=O)c1ccc(C)cc1. The Labute approximate surface area is 168 Å². The maximum atomic E-state index is 13.2. The molecule has 28 heavy (non-hydrogen) atoms. The van der Waals surface area contributed by atoms with Crippen molar-refractivity contribution in [3.63, 3.8) is 0 Å². The summed E-state index contributed by atoms with van der Waals surface area (Å²) in [6.45, 7) is 7.30. The molecule has 2 rings (SSSR count). The van der Waals surface area contributed by atoms with E-state index in [2.05, 4.69) is 0 Å². The fraction of sp³-hybridized carbons (Fsp3) is 0.400. The van der Waals surface area contributed by atoms with E-state index in [9.17, 15) is 16.8 Å². The summed E-state index contributed by atoms with van der Waals surface area (Å²) in [5.74, 6) is 0.0362. The van der Waals surface area contributed by atoms with Gasteiger partial charge in [-0.1, -0.05) is 36.8 Å². The lowest BCUT2D eigenvalue weighted by atomic mass is 10.2. The summed E-state index contributed by atoms with van der Waals surface area (Å²) in [5.41, 5.74) is 1.64. The molecule has 1 atom stereocenters. The first-order valence-corrected chi connectivity index (χ1v) is 12.2. The third-order valence-corrected chi connectivity index (χ3v) is 7.65. The molecule has 0 aliphatic carbocycles. The molecule has 0 amide bonds. The van der Waals surface area contributed by atoms with Crippen molar-refractivity contribution in [2.75, 3.05) is 5.75 Å². The topological polar surface area (TPSA) is 80.8 Å². The van der Waals surface area contributed by atoms with Gasteiger partial charge in [-0.15, -0.1) is 0 Å². The minimum absolute atomic E-state index is 0.120. The van der Waals surface area contributed by atoms with E-state index >= 15 is 0 Å². The molecule has 0 bridgehead atoms. The van der Waals surface area contributed by atoms with Crippen LogP contribution in [0.2, 0.25) is 0 Å². The van der Waals surface area contributed by atoms with Crippen molar-refractivity contribution in [2.45, 2.75) is 51.6 Å². The maximum absolute atomic E-state index is 13.2. The minimum Gasteiger partial charge on any atom is -0.382 e. The number of hydrogen-bond donors (Lipinski definition) is 0. The van der Waals surface area contributed by atoms with Crippen molar-refractivity contribution >= 4 is 20.1 Å². The maximum Gasteiger partial charge on any atom is 0.308 e. The Morgan fingerprint density at radius 1 is 1.00 bits per heavy atom. The highest BCUT2D eigenvalue weighted by Crippen LogP contribution is 2.24. The molecule has 2 aromatic carbocycles. The molecule has 2 aromatic rings. The zero-order valence-corrected chi connectivity index (χ0v) is 18.3. The predicted molar refractivity (Wildman–Crippen MR) is 110 cm³/mol. The van der Waals surface area contributed by atoms with Gasteiger partial charge in [-0.3, -0.25) is 0 Å². The van der Waals surface area contributed by atoms with E-state index in [0.717, 1.165) is 5.56 Å². The van der Waals surface area contributed by atoms with E-state index in [1.807, 2.05) is 20.8 Å². The van der Waals surface area contributed by atoms with Gasteiger partial charge in [0.25, 0.3) is 0 Å². The van der Waals surface area contributed by atoms with Crippen molar-refractivity contribution in [3.8, 4) is 5.75 Å². The van der Waals surface area contributed by atoms with Gasteiger partial charge in [-0.25, -0.2) is 8.42 Å². The molecule has 0 saturated carbocycles. The molecule has 0 fully saturated rings. The van der Waals surface area contributed by atoms with Crippen LogP contribution in [0.4, 0.5) is 0 Å². The van der Waals surface area contributed by atoms with Crippen molar-refractivity contribution in [1.29, 1.82) is 0 Å². The number of rotatable bonds is 9. The summed E-state index contributed by atoms with van der Waals surface area (Å²) in [4.78, 5) is 0.236. The van der Waals surface area contributed by atoms with E-state index in [1.54, 1.807) is 48.5 Å². The number of nitrogens with zero attached hydrogens (tertiary/aromatic N) is 1. The van der Waals surface area contributed by atoms with Crippen LogP contribution in [0.3, 0.4) is 0 Å². The van der Waals surface area contributed by atoms with Crippen LogP contribution in [0, 0.1) is 6.92 Å². The third-order valence-electron chi connectivity index (χ3n) is 4.52. The first kappa shape index (κ1) is 22.4. The zero-order chi connectivity index (χ0) is 20.9. The lowest BCUT2D eigenvalue weighted by Crippen LogP contribution is -2.37. The summed E-state index contributed by atoms with van der Waals surface area (Å²) < 4.78 is 56.3. The first-order valence-electron chi connectivity index (χ1n) is 9.18. The molecule has 0 aromatic heterocycles. The van der Waals surface area contributed by atoms with Crippen LogP contribution in [0.1, 0.15) is 38.3 Å². The highest BCUT2D eigenvalue weighted by molar-refractivity contribution is 7.89. The summed E-state index contributed by atoms with van der Waals surface area (Å²) in [6, 6.07) is 13.0. The minimum atomic E-state index is -3.71. The first-order chi connectivity index (χ1) is 13.1. The molecule has 0 radical (unpaired) electrons. The average Bonchev–Trinajstić information content (AvgIpc) is 2.65. The quantitative estimate of drug-likeness (QED) is 0.572. The Morgan fingerprint density at radius 3 is 2.21 bits per heavy atom. The van der Waals surface area contributed by atoms with E-state index in [1.165, 1.54) is 11.2 Å². The molecule has 0 heterocycles. The zero-order valence-electron chi connectivity index (χ0n) is 16.6. The van der Waals surface area contributed by atoms with Gasteiger partial charge in [0.2, 0.25) is 10.0 Å². The van der Waals surface area contributed by atoms with Gasteiger partial charge in [-0.2, -0.15) is 12.7 Å². The summed E-state index contributed by atoms with van der Waals surface area (Å²) >= 11 is 0. The highest BCUT2D eigenvalue weighted by Gasteiger charge is 2.28. The molecule has 0 spiro atoms. The van der Waals surface area contributed by atoms with Crippen molar-refractivity contribution in [2.24, 2.45) is 0 Å². The fourth-order valence-corrected chi connectivity index (χ4v) is 4.82. The molecule has 0 aliphatic heterocycles. The summed E-state index contributed by atoms with van der Waals surface area (Å²) in [5, 5.41) is 0. The normalized spacial score (nSPS) is 13.5. The van der Waals surface area contributed by atoms with Gasteiger partial charge in [-0.05, 0) is 57.0 Å². The van der Waals surface area contributed by atoms with E-state index < -0.39 is 20.1 Å². The molecule has 8 heteroatoms. The van der Waals surface area contributed by atoms with Crippen LogP contribution >= 0.6 is 0 Å². The summed E-state index contributed by atoms with van der Waals surface area (Å²) in [6.07, 6.45) is 0.644. The molecule has 0 saturated heterocycles. The number of aryl methyl sites for hydroxylation is 1. The molecular formula is C20H27NO5S2. The molecular weight excluding hydrogens is 398 g/mol. The van der Waals surface area contributed by atoms with Crippen LogP contribution in [0.25, 0.3) is 0 Å². The largest absolute Gasteiger partial charge is 0.382 e. The van der Waals surface area contributed by atoms with E-state index in [0.29, 0.717) is 12.0 Å². The monoisotopic (exact) mass is 425 g/mol. The number of hydrogen-bond acceptors (Lipinski definition) is 5. The smallest absolute Gasteiger partial charge is 0.308 e. The second kappa shape index (κ2) is 9.07. The lowest BCUT2D eigenvalue weighted by Gasteiger charge is -2.28. The summed E-state index contributed by atoms with van der Waals surface area (Å²) in [7, 11) is -7.35. The van der Waals surface area contributed by atoms with Crippen molar-refractivity contribution < 1.29 is 21.0 Å². The molecule has 154 valence electrons. The van der Waals surface area contributed by atoms with Crippen LogP contribution in [-0.4, -0.2) is 32.9 Å². The highest BCUT2D eigenvalue weighted by atomic mass is 32.2. The Bertz CT molecular complexity index is 999. The van der Waals surface area contributed by atoms with Crippen LogP contribution in [0.5, 0.6) is 5.75 Å². The van der Waals surface area contributed by atoms with Gasteiger partial charge in [0.05, 0.1) is 10.6 Å². The average molecular weight is 426 g/mol.